The molecule has 7 heteroatoms. The first-order valence-corrected chi connectivity index (χ1v) is 9.12. The van der Waals surface area contributed by atoms with Gasteiger partial charge in [-0.15, -0.1) is 0 Å². The first kappa shape index (κ1) is 18.8. The van der Waals surface area contributed by atoms with Crippen LogP contribution in [-0.2, 0) is 4.79 Å². The molecule has 0 aromatic heterocycles. The van der Waals surface area contributed by atoms with Crippen molar-refractivity contribution in [3.8, 4) is 11.5 Å². The average Bonchev–Trinajstić information content (AvgIpc) is 2.94. The van der Waals surface area contributed by atoms with E-state index >= 15 is 0 Å². The van der Waals surface area contributed by atoms with Crippen LogP contribution in [0, 0.1) is 6.92 Å². The molecule has 2 amide bonds. The Hall–Kier alpha value is -2.93. The number of rotatable bonds is 6. The van der Waals surface area contributed by atoms with Crippen LogP contribution >= 0.6 is 11.8 Å². The summed E-state index contributed by atoms with van der Waals surface area (Å²) >= 11 is 0.917. The van der Waals surface area contributed by atoms with E-state index in [1.165, 1.54) is 4.90 Å². The molecule has 2 aromatic carbocycles. The van der Waals surface area contributed by atoms with Crippen molar-refractivity contribution in [1.82, 2.24) is 4.90 Å². The number of ether oxygens (including phenoxy) is 2. The Morgan fingerprint density at radius 2 is 1.89 bits per heavy atom. The molecular formula is C20H20N2O4S. The third-order valence-corrected chi connectivity index (χ3v) is 5.08. The fourth-order valence-corrected chi connectivity index (χ4v) is 3.48. The summed E-state index contributed by atoms with van der Waals surface area (Å²) in [6, 6.07) is 13.0. The molecule has 0 spiro atoms. The van der Waals surface area contributed by atoms with Crippen molar-refractivity contribution in [2.75, 3.05) is 26.2 Å². The largest absolute Gasteiger partial charge is 0.497 e. The molecule has 0 saturated carbocycles. The first-order valence-electron chi connectivity index (χ1n) is 8.30. The van der Waals surface area contributed by atoms with E-state index in [1.807, 2.05) is 31.2 Å². The second kappa shape index (κ2) is 8.18. The number of para-hydroxylation sites is 1. The fraction of sp³-hybridized carbons (Fsp3) is 0.200. The van der Waals surface area contributed by atoms with Gasteiger partial charge in [-0.3, -0.25) is 14.5 Å². The molecule has 3 rings (SSSR count). The highest BCUT2D eigenvalue weighted by Gasteiger charge is 2.35. The molecule has 0 aliphatic carbocycles. The molecule has 1 aliphatic heterocycles. The maximum absolute atomic E-state index is 12.7. The van der Waals surface area contributed by atoms with Crippen LogP contribution in [0.5, 0.6) is 11.5 Å². The molecule has 6 nitrogen and oxygen atoms in total. The van der Waals surface area contributed by atoms with Crippen molar-refractivity contribution in [2.45, 2.75) is 6.92 Å². The van der Waals surface area contributed by atoms with Crippen LogP contribution in [0.1, 0.15) is 11.1 Å². The summed E-state index contributed by atoms with van der Waals surface area (Å²) in [4.78, 5) is 26.5. The highest BCUT2D eigenvalue weighted by molar-refractivity contribution is 8.18. The molecule has 1 heterocycles. The molecular weight excluding hydrogens is 364 g/mol. The predicted octanol–water partition coefficient (Wildman–Crippen LogP) is 4.12. The molecule has 1 fully saturated rings. The number of aryl methyl sites for hydroxylation is 1. The minimum absolute atomic E-state index is 0.118. The van der Waals surface area contributed by atoms with Gasteiger partial charge in [-0.25, -0.2) is 0 Å². The van der Waals surface area contributed by atoms with E-state index < -0.39 is 0 Å². The standard InChI is InChI=1S/C20H20N2O4S/c1-13-6-4-5-7-16(13)21-12-22-19(23)18(27-20(22)24)10-14-8-9-15(25-2)11-17(14)26-3/h4-11,21H,12H2,1-3H3. The quantitative estimate of drug-likeness (QED) is 0.756. The van der Waals surface area contributed by atoms with Gasteiger partial charge in [0.2, 0.25) is 0 Å². The molecule has 2 aromatic rings. The Kier molecular flexibility index (Phi) is 5.71. The average molecular weight is 384 g/mol. The lowest BCUT2D eigenvalue weighted by Crippen LogP contribution is -2.33. The zero-order valence-electron chi connectivity index (χ0n) is 15.3. The number of carbonyl (C=O) groups is 2. The molecule has 0 radical (unpaired) electrons. The van der Waals surface area contributed by atoms with Crippen LogP contribution in [-0.4, -0.2) is 36.9 Å². The molecule has 0 unspecified atom stereocenters. The summed E-state index contributed by atoms with van der Waals surface area (Å²) in [5, 5.41) is 2.83. The number of hydrogen-bond donors (Lipinski definition) is 1. The van der Waals surface area contributed by atoms with Crippen molar-refractivity contribution < 1.29 is 19.1 Å². The van der Waals surface area contributed by atoms with Gasteiger partial charge in [0.25, 0.3) is 11.1 Å². The first-order chi connectivity index (χ1) is 13.0. The number of carbonyl (C=O) groups excluding carboxylic acids is 2. The van der Waals surface area contributed by atoms with Crippen LogP contribution in [0.2, 0.25) is 0 Å². The van der Waals surface area contributed by atoms with E-state index in [1.54, 1.807) is 38.5 Å². The van der Waals surface area contributed by atoms with Gasteiger partial charge in [-0.1, -0.05) is 18.2 Å². The van der Waals surface area contributed by atoms with Gasteiger partial charge < -0.3 is 14.8 Å². The number of methoxy groups -OCH3 is 2. The van der Waals surface area contributed by atoms with Gasteiger partial charge in [-0.2, -0.15) is 0 Å². The summed E-state index contributed by atoms with van der Waals surface area (Å²) in [6.07, 6.45) is 1.66. The fourth-order valence-electron chi connectivity index (χ4n) is 2.65. The van der Waals surface area contributed by atoms with Gasteiger partial charge in [0, 0.05) is 17.3 Å². The Balaban J connectivity index is 1.77. The number of amides is 2. The second-order valence-electron chi connectivity index (χ2n) is 5.87. The topological polar surface area (TPSA) is 67.9 Å². The molecule has 27 heavy (non-hydrogen) atoms. The SMILES string of the molecule is COc1ccc(C=C2SC(=O)N(CNc3ccccc3C)C2=O)c(OC)c1. The maximum Gasteiger partial charge on any atom is 0.295 e. The van der Waals surface area contributed by atoms with E-state index in [2.05, 4.69) is 5.32 Å². The Bertz CT molecular complexity index is 911. The zero-order valence-corrected chi connectivity index (χ0v) is 16.1. The minimum atomic E-state index is -0.330. The lowest BCUT2D eigenvalue weighted by Gasteiger charge is -2.15. The number of nitrogens with zero attached hydrogens (tertiary/aromatic N) is 1. The van der Waals surface area contributed by atoms with Crippen molar-refractivity contribution in [3.05, 3.63) is 58.5 Å². The van der Waals surface area contributed by atoms with E-state index in [9.17, 15) is 9.59 Å². The van der Waals surface area contributed by atoms with Gasteiger partial charge >= 0.3 is 0 Å². The second-order valence-corrected chi connectivity index (χ2v) is 6.86. The molecule has 140 valence electrons. The summed E-state index contributed by atoms with van der Waals surface area (Å²) in [7, 11) is 3.12. The Labute approximate surface area is 162 Å². The highest BCUT2D eigenvalue weighted by atomic mass is 32.2. The van der Waals surface area contributed by atoms with Gasteiger partial charge in [0.15, 0.2) is 0 Å². The van der Waals surface area contributed by atoms with Crippen molar-refractivity contribution in [2.24, 2.45) is 0 Å². The number of imide groups is 1. The van der Waals surface area contributed by atoms with Crippen LogP contribution in [0.25, 0.3) is 6.08 Å². The summed E-state index contributed by atoms with van der Waals surface area (Å²) in [6.45, 7) is 2.08. The Morgan fingerprint density at radius 3 is 2.59 bits per heavy atom. The number of benzene rings is 2. The highest BCUT2D eigenvalue weighted by Crippen LogP contribution is 2.35. The van der Waals surface area contributed by atoms with Gasteiger partial charge in [0.1, 0.15) is 11.5 Å². The monoisotopic (exact) mass is 384 g/mol. The van der Waals surface area contributed by atoms with Crippen molar-refractivity contribution >= 4 is 34.7 Å². The molecule has 1 aliphatic rings. The van der Waals surface area contributed by atoms with Gasteiger partial charge in [0.05, 0.1) is 25.8 Å². The number of hydrogen-bond acceptors (Lipinski definition) is 6. The zero-order chi connectivity index (χ0) is 19.4. The number of nitrogens with one attached hydrogen (secondary N) is 1. The van der Waals surface area contributed by atoms with E-state index in [0.717, 1.165) is 23.0 Å². The van der Waals surface area contributed by atoms with Crippen LogP contribution < -0.4 is 14.8 Å². The van der Waals surface area contributed by atoms with Crippen LogP contribution in [0.4, 0.5) is 10.5 Å². The molecule has 1 saturated heterocycles. The van der Waals surface area contributed by atoms with Crippen LogP contribution in [0.3, 0.4) is 0 Å². The molecule has 1 N–H and O–H groups in total. The number of thioether (sulfide) groups is 1. The van der Waals surface area contributed by atoms with E-state index in [0.29, 0.717) is 22.0 Å². The van der Waals surface area contributed by atoms with E-state index in [-0.39, 0.29) is 17.8 Å². The van der Waals surface area contributed by atoms with Crippen molar-refractivity contribution in [3.63, 3.8) is 0 Å². The predicted molar refractivity (Wildman–Crippen MR) is 107 cm³/mol. The Morgan fingerprint density at radius 1 is 1.11 bits per heavy atom. The third kappa shape index (κ3) is 4.09. The summed E-state index contributed by atoms with van der Waals surface area (Å²) in [5.74, 6) is 0.891. The smallest absolute Gasteiger partial charge is 0.295 e. The van der Waals surface area contributed by atoms with Crippen molar-refractivity contribution in [1.29, 1.82) is 0 Å². The van der Waals surface area contributed by atoms with Crippen LogP contribution in [0.15, 0.2) is 47.4 Å². The summed E-state index contributed by atoms with van der Waals surface area (Å²) in [5.41, 5.74) is 2.64. The molecule has 0 bridgehead atoms. The molecule has 0 atom stereocenters. The summed E-state index contributed by atoms with van der Waals surface area (Å²) < 4.78 is 10.5. The number of anilines is 1. The third-order valence-electron chi connectivity index (χ3n) is 4.17. The lowest BCUT2D eigenvalue weighted by molar-refractivity contribution is -0.122. The van der Waals surface area contributed by atoms with E-state index in [4.69, 9.17) is 9.47 Å². The lowest BCUT2D eigenvalue weighted by atomic mass is 10.1. The normalized spacial score (nSPS) is 15.4. The maximum atomic E-state index is 12.7. The van der Waals surface area contributed by atoms with Gasteiger partial charge in [-0.05, 0) is 48.5 Å². The minimum Gasteiger partial charge on any atom is -0.497 e.